The van der Waals surface area contributed by atoms with E-state index in [4.69, 9.17) is 4.74 Å². The van der Waals surface area contributed by atoms with Gasteiger partial charge < -0.3 is 9.30 Å². The fourth-order valence-corrected chi connectivity index (χ4v) is 3.03. The Morgan fingerprint density at radius 3 is 2.48 bits per heavy atom. The molecule has 0 saturated heterocycles. The van der Waals surface area contributed by atoms with E-state index in [2.05, 4.69) is 49.6 Å². The zero-order valence-corrected chi connectivity index (χ0v) is 14.6. The molecule has 0 amide bonds. The predicted octanol–water partition coefficient (Wildman–Crippen LogP) is 4.79. The van der Waals surface area contributed by atoms with Gasteiger partial charge in [-0.1, -0.05) is 57.5 Å². The van der Waals surface area contributed by atoms with Crippen molar-refractivity contribution in [2.24, 2.45) is 0 Å². The third-order valence-electron chi connectivity index (χ3n) is 4.15. The molecule has 0 radical (unpaired) electrons. The van der Waals surface area contributed by atoms with Crippen molar-refractivity contribution in [2.45, 2.75) is 52.5 Å². The van der Waals surface area contributed by atoms with Gasteiger partial charge in [-0.15, -0.1) is 0 Å². The molecule has 0 saturated carbocycles. The highest BCUT2D eigenvalue weighted by Gasteiger charge is 2.22. The summed E-state index contributed by atoms with van der Waals surface area (Å²) in [6.45, 7) is 7.25. The molecule has 0 fully saturated rings. The number of nitrogens with zero attached hydrogens (tertiary/aromatic N) is 1. The molecule has 0 aliphatic carbocycles. The molecule has 23 heavy (non-hydrogen) atoms. The number of benzene rings is 1. The lowest BCUT2D eigenvalue weighted by molar-refractivity contribution is 0.0599. The Morgan fingerprint density at radius 1 is 1.22 bits per heavy atom. The predicted molar refractivity (Wildman–Crippen MR) is 94.0 cm³/mol. The van der Waals surface area contributed by atoms with Crippen LogP contribution in [0.4, 0.5) is 0 Å². The van der Waals surface area contributed by atoms with Crippen LogP contribution in [0, 0.1) is 0 Å². The van der Waals surface area contributed by atoms with Crippen molar-refractivity contribution in [1.29, 1.82) is 0 Å². The number of carbonyl (C=O) groups excluding carboxylic acids is 1. The third kappa shape index (κ3) is 4.04. The molecule has 1 aromatic carbocycles. The summed E-state index contributed by atoms with van der Waals surface area (Å²) in [5.41, 5.74) is 4.26. The van der Waals surface area contributed by atoms with E-state index in [9.17, 15) is 4.79 Å². The van der Waals surface area contributed by atoms with E-state index in [-0.39, 0.29) is 11.9 Å². The van der Waals surface area contributed by atoms with E-state index >= 15 is 0 Å². The maximum atomic E-state index is 12.2. The Hall–Kier alpha value is -2.03. The summed E-state index contributed by atoms with van der Waals surface area (Å²) in [5, 5.41) is 0. The van der Waals surface area contributed by atoms with Crippen LogP contribution >= 0.6 is 0 Å². The maximum absolute atomic E-state index is 12.2. The normalized spacial score (nSPS) is 11.0. The number of carbonyl (C=O) groups is 1. The minimum atomic E-state index is -0.238. The summed E-state index contributed by atoms with van der Waals surface area (Å²) in [5.74, 6) is 0.0291. The van der Waals surface area contributed by atoms with Crippen LogP contribution in [-0.2, 0) is 17.7 Å². The van der Waals surface area contributed by atoms with E-state index in [1.165, 1.54) is 18.4 Å². The van der Waals surface area contributed by atoms with Gasteiger partial charge in [0, 0.05) is 17.9 Å². The number of rotatable bonds is 7. The van der Waals surface area contributed by atoms with Crippen LogP contribution in [-0.4, -0.2) is 17.6 Å². The van der Waals surface area contributed by atoms with Gasteiger partial charge in [-0.3, -0.25) is 0 Å². The largest absolute Gasteiger partial charge is 0.465 e. The molecule has 0 unspecified atom stereocenters. The molecule has 0 aliphatic heterocycles. The van der Waals surface area contributed by atoms with Crippen molar-refractivity contribution in [1.82, 2.24) is 4.57 Å². The zero-order chi connectivity index (χ0) is 16.8. The van der Waals surface area contributed by atoms with Crippen LogP contribution in [0.15, 0.2) is 36.4 Å². The van der Waals surface area contributed by atoms with Gasteiger partial charge in [0.1, 0.15) is 0 Å². The Morgan fingerprint density at radius 2 is 1.91 bits per heavy atom. The van der Waals surface area contributed by atoms with Crippen LogP contribution < -0.4 is 0 Å². The third-order valence-corrected chi connectivity index (χ3v) is 4.15. The van der Waals surface area contributed by atoms with E-state index in [1.54, 1.807) is 0 Å². The fourth-order valence-electron chi connectivity index (χ4n) is 3.03. The average molecular weight is 313 g/mol. The van der Waals surface area contributed by atoms with Crippen molar-refractivity contribution >= 4 is 5.97 Å². The number of aryl methyl sites for hydroxylation is 1. The summed E-state index contributed by atoms with van der Waals surface area (Å²) in [4.78, 5) is 12.2. The number of esters is 1. The lowest BCUT2D eigenvalue weighted by atomic mass is 10.1. The van der Waals surface area contributed by atoms with Crippen molar-refractivity contribution in [3.63, 3.8) is 0 Å². The molecule has 0 atom stereocenters. The molecule has 0 N–H and O–H groups in total. The topological polar surface area (TPSA) is 31.2 Å². The second-order valence-corrected chi connectivity index (χ2v) is 6.26. The summed E-state index contributed by atoms with van der Waals surface area (Å²) in [6, 6.07) is 12.4. The maximum Gasteiger partial charge on any atom is 0.339 e. The molecule has 3 heteroatoms. The Balaban J connectivity index is 2.50. The first-order valence-electron chi connectivity index (χ1n) is 8.43. The summed E-state index contributed by atoms with van der Waals surface area (Å²) in [6.07, 6.45) is 3.25. The summed E-state index contributed by atoms with van der Waals surface area (Å²) >= 11 is 0. The summed E-state index contributed by atoms with van der Waals surface area (Å²) < 4.78 is 7.31. The lowest BCUT2D eigenvalue weighted by Crippen LogP contribution is -2.12. The molecule has 2 rings (SSSR count). The first kappa shape index (κ1) is 17.3. The highest BCUT2D eigenvalue weighted by atomic mass is 16.5. The molecule has 3 nitrogen and oxygen atoms in total. The number of methoxy groups -OCH3 is 1. The van der Waals surface area contributed by atoms with Crippen LogP contribution in [0.2, 0.25) is 0 Å². The second-order valence-electron chi connectivity index (χ2n) is 6.26. The monoisotopic (exact) mass is 313 g/mol. The van der Waals surface area contributed by atoms with Crippen molar-refractivity contribution in [3.05, 3.63) is 58.9 Å². The van der Waals surface area contributed by atoms with Gasteiger partial charge in [-0.2, -0.15) is 0 Å². The van der Waals surface area contributed by atoms with Crippen molar-refractivity contribution in [3.8, 4) is 0 Å². The Labute approximate surface area is 139 Å². The van der Waals surface area contributed by atoms with E-state index in [1.807, 2.05) is 12.1 Å². The van der Waals surface area contributed by atoms with Gasteiger partial charge >= 0.3 is 5.97 Å². The Kier molecular flexibility index (Phi) is 6.03. The van der Waals surface area contributed by atoms with Crippen LogP contribution in [0.3, 0.4) is 0 Å². The minimum Gasteiger partial charge on any atom is -0.465 e. The number of ether oxygens (including phenoxy) is 1. The minimum absolute atomic E-state index is 0.238. The van der Waals surface area contributed by atoms with Crippen LogP contribution in [0.5, 0.6) is 0 Å². The van der Waals surface area contributed by atoms with E-state index in [0.29, 0.717) is 5.56 Å². The molecule has 2 aromatic rings. The molecule has 124 valence electrons. The van der Waals surface area contributed by atoms with Gasteiger partial charge in [-0.05, 0) is 30.4 Å². The van der Waals surface area contributed by atoms with Gasteiger partial charge in [0.25, 0.3) is 0 Å². The quantitative estimate of drug-likeness (QED) is 0.688. The lowest BCUT2D eigenvalue weighted by Gasteiger charge is -2.17. The number of hydrogen-bond donors (Lipinski definition) is 0. The average Bonchev–Trinajstić information content (AvgIpc) is 2.91. The second kappa shape index (κ2) is 8.00. The zero-order valence-electron chi connectivity index (χ0n) is 14.6. The number of hydrogen-bond acceptors (Lipinski definition) is 2. The number of aromatic nitrogens is 1. The van der Waals surface area contributed by atoms with E-state index < -0.39 is 0 Å². The molecule has 0 bridgehead atoms. The van der Waals surface area contributed by atoms with Crippen LogP contribution in [0.25, 0.3) is 0 Å². The number of unbranched alkanes of at least 4 members (excludes halogenated alkanes) is 1. The Bertz CT molecular complexity index is 641. The standard InChI is InChI=1S/C20H27NO2/c1-5-6-12-17-13-18(20(22)23-4)19(15(2)3)21(17)14-16-10-8-7-9-11-16/h7-11,13,15H,5-6,12,14H2,1-4H3. The van der Waals surface area contributed by atoms with Crippen LogP contribution in [0.1, 0.15) is 66.8 Å². The van der Waals surface area contributed by atoms with Gasteiger partial charge in [0.2, 0.25) is 0 Å². The summed E-state index contributed by atoms with van der Waals surface area (Å²) in [7, 11) is 1.45. The first-order valence-corrected chi connectivity index (χ1v) is 8.43. The highest BCUT2D eigenvalue weighted by molar-refractivity contribution is 5.91. The van der Waals surface area contributed by atoms with Gasteiger partial charge in [-0.25, -0.2) is 4.79 Å². The highest BCUT2D eigenvalue weighted by Crippen LogP contribution is 2.27. The SMILES string of the molecule is CCCCc1cc(C(=O)OC)c(C(C)C)n1Cc1ccccc1. The van der Waals surface area contributed by atoms with Gasteiger partial charge in [0.15, 0.2) is 0 Å². The first-order chi connectivity index (χ1) is 11.1. The van der Waals surface area contributed by atoms with Gasteiger partial charge in [0.05, 0.1) is 12.7 Å². The van der Waals surface area contributed by atoms with E-state index in [0.717, 1.165) is 31.5 Å². The molecule has 1 aromatic heterocycles. The molecule has 0 spiro atoms. The fraction of sp³-hybridized carbons (Fsp3) is 0.450. The smallest absolute Gasteiger partial charge is 0.339 e. The molecular formula is C20H27NO2. The molecule has 0 aliphatic rings. The molecule has 1 heterocycles. The van der Waals surface area contributed by atoms with Crippen molar-refractivity contribution < 1.29 is 9.53 Å². The molecular weight excluding hydrogens is 286 g/mol. The van der Waals surface area contributed by atoms with Crippen molar-refractivity contribution in [2.75, 3.05) is 7.11 Å².